The maximum absolute atomic E-state index is 13.0. The van der Waals surface area contributed by atoms with Crippen LogP contribution in [-0.4, -0.2) is 28.2 Å². The molecule has 0 N–H and O–H groups in total. The summed E-state index contributed by atoms with van der Waals surface area (Å²) in [6.45, 7) is 8.21. The molecular weight excluding hydrogens is 306 g/mol. The van der Waals surface area contributed by atoms with E-state index in [1.807, 2.05) is 44.4 Å². The van der Waals surface area contributed by atoms with E-state index in [2.05, 4.69) is 13.8 Å². The molecule has 0 saturated heterocycles. The van der Waals surface area contributed by atoms with Crippen LogP contribution in [0, 0.1) is 0 Å². The summed E-state index contributed by atoms with van der Waals surface area (Å²) >= 11 is 1.64. The van der Waals surface area contributed by atoms with Crippen molar-refractivity contribution >= 4 is 29.0 Å². The van der Waals surface area contributed by atoms with Gasteiger partial charge in [-0.15, -0.1) is 11.8 Å². The largest absolute Gasteiger partial charge is 0.487 e. The van der Waals surface area contributed by atoms with Crippen molar-refractivity contribution in [1.82, 2.24) is 0 Å². The van der Waals surface area contributed by atoms with E-state index in [0.717, 1.165) is 35.3 Å². The van der Waals surface area contributed by atoms with Crippen molar-refractivity contribution in [2.24, 2.45) is 4.99 Å². The Balaban J connectivity index is 2.20. The zero-order chi connectivity index (χ0) is 16.8. The Morgan fingerprint density at radius 2 is 1.87 bits per heavy atom. The highest BCUT2D eigenvalue weighted by Gasteiger charge is 2.39. The average molecular weight is 329 g/mol. The van der Waals surface area contributed by atoms with E-state index in [1.165, 1.54) is 0 Å². The molecule has 0 unspecified atom stereocenters. The van der Waals surface area contributed by atoms with E-state index in [9.17, 15) is 4.79 Å². The SMILES string of the molecule is CSC(C)(C)N=C1C(=O)C2=C(OC(C)(C)CC2)c2ccccc21. The highest BCUT2D eigenvalue weighted by Crippen LogP contribution is 2.41. The fourth-order valence-corrected chi connectivity index (χ4v) is 3.12. The molecule has 1 aromatic carbocycles. The summed E-state index contributed by atoms with van der Waals surface area (Å²) in [7, 11) is 0. The van der Waals surface area contributed by atoms with Crippen LogP contribution in [-0.2, 0) is 9.53 Å². The molecular formula is C19H23NO2S. The lowest BCUT2D eigenvalue weighted by atomic mass is 9.82. The van der Waals surface area contributed by atoms with Gasteiger partial charge in [0.05, 0.1) is 0 Å². The molecule has 0 bridgehead atoms. The predicted octanol–water partition coefficient (Wildman–Crippen LogP) is 4.46. The number of ether oxygens (including phenoxy) is 1. The molecule has 2 aliphatic rings. The zero-order valence-corrected chi connectivity index (χ0v) is 15.2. The van der Waals surface area contributed by atoms with Gasteiger partial charge in [0.2, 0.25) is 5.78 Å². The lowest BCUT2D eigenvalue weighted by Crippen LogP contribution is -2.35. The number of benzene rings is 1. The van der Waals surface area contributed by atoms with Crippen LogP contribution in [0.1, 0.15) is 51.7 Å². The van der Waals surface area contributed by atoms with E-state index in [1.54, 1.807) is 11.8 Å². The minimum absolute atomic E-state index is 0.0244. The van der Waals surface area contributed by atoms with E-state index in [-0.39, 0.29) is 16.3 Å². The number of aliphatic imine (C=N–C) groups is 1. The molecule has 1 heterocycles. The standard InChI is InChI=1S/C19H23NO2S/c1-18(2)11-10-14-16(21)15(20-19(3,4)23-5)12-8-6-7-9-13(12)17(14)22-18/h6-9H,10-11H2,1-5H3. The first-order chi connectivity index (χ1) is 10.7. The summed E-state index contributed by atoms with van der Waals surface area (Å²) in [6.07, 6.45) is 3.60. The van der Waals surface area contributed by atoms with Gasteiger partial charge >= 0.3 is 0 Å². The Morgan fingerprint density at radius 3 is 2.52 bits per heavy atom. The summed E-state index contributed by atoms with van der Waals surface area (Å²) in [5.41, 5.74) is 2.99. The van der Waals surface area contributed by atoms with Crippen molar-refractivity contribution in [2.75, 3.05) is 6.26 Å². The molecule has 23 heavy (non-hydrogen) atoms. The van der Waals surface area contributed by atoms with Crippen molar-refractivity contribution in [1.29, 1.82) is 0 Å². The summed E-state index contributed by atoms with van der Waals surface area (Å²) in [5.74, 6) is 0.777. The minimum atomic E-state index is -0.328. The minimum Gasteiger partial charge on any atom is -0.487 e. The zero-order valence-electron chi connectivity index (χ0n) is 14.4. The molecule has 3 rings (SSSR count). The van der Waals surface area contributed by atoms with Crippen molar-refractivity contribution in [2.45, 2.75) is 51.0 Å². The Morgan fingerprint density at radius 1 is 1.22 bits per heavy atom. The molecule has 1 aliphatic heterocycles. The topological polar surface area (TPSA) is 38.7 Å². The number of thioether (sulfide) groups is 1. The van der Waals surface area contributed by atoms with Gasteiger partial charge in [-0.3, -0.25) is 9.79 Å². The first-order valence-corrected chi connectivity index (χ1v) is 9.18. The fourth-order valence-electron chi connectivity index (χ4n) is 2.94. The Kier molecular flexibility index (Phi) is 3.91. The van der Waals surface area contributed by atoms with E-state index >= 15 is 0 Å². The quantitative estimate of drug-likeness (QED) is 0.804. The molecule has 0 saturated carbocycles. The fraction of sp³-hybridized carbons (Fsp3) is 0.474. The number of fused-ring (bicyclic) bond motifs is 2. The van der Waals surface area contributed by atoms with Crippen LogP contribution in [0.4, 0.5) is 0 Å². The van der Waals surface area contributed by atoms with Gasteiger partial charge in [-0.05, 0) is 46.8 Å². The lowest BCUT2D eigenvalue weighted by molar-refractivity contribution is -0.110. The second-order valence-corrected chi connectivity index (χ2v) is 8.56. The molecule has 3 nitrogen and oxygen atoms in total. The van der Waals surface area contributed by atoms with Gasteiger partial charge in [0.1, 0.15) is 21.9 Å². The van der Waals surface area contributed by atoms with Crippen molar-refractivity contribution in [3.8, 4) is 0 Å². The molecule has 0 atom stereocenters. The summed E-state index contributed by atoms with van der Waals surface area (Å²) in [4.78, 5) is 17.5. The number of nitrogens with zero attached hydrogens (tertiary/aromatic N) is 1. The first-order valence-electron chi connectivity index (χ1n) is 7.96. The summed E-state index contributed by atoms with van der Waals surface area (Å²) < 4.78 is 6.18. The first kappa shape index (κ1) is 16.3. The predicted molar refractivity (Wildman–Crippen MR) is 96.9 cm³/mol. The molecule has 0 radical (unpaired) electrons. The highest BCUT2D eigenvalue weighted by atomic mass is 32.2. The Bertz CT molecular complexity index is 729. The van der Waals surface area contributed by atoms with Gasteiger partial charge in [0, 0.05) is 16.7 Å². The monoisotopic (exact) mass is 329 g/mol. The van der Waals surface area contributed by atoms with Crippen molar-refractivity contribution in [3.05, 3.63) is 41.0 Å². The molecule has 122 valence electrons. The molecule has 0 aromatic heterocycles. The van der Waals surface area contributed by atoms with Crippen LogP contribution in [0.15, 0.2) is 34.8 Å². The third-order valence-electron chi connectivity index (χ3n) is 4.43. The number of hydrogen-bond donors (Lipinski definition) is 0. The Hall–Kier alpha value is -1.55. The van der Waals surface area contributed by atoms with E-state index in [0.29, 0.717) is 5.71 Å². The second kappa shape index (κ2) is 5.52. The van der Waals surface area contributed by atoms with Gasteiger partial charge in [-0.2, -0.15) is 0 Å². The normalized spacial score (nSPS) is 21.8. The molecule has 1 aromatic rings. The number of ketones is 1. The molecule has 1 aliphatic carbocycles. The molecule has 4 heteroatoms. The summed E-state index contributed by atoms with van der Waals surface area (Å²) in [6, 6.07) is 7.94. The number of allylic oxidation sites excluding steroid dienone is 1. The van der Waals surface area contributed by atoms with Gasteiger partial charge in [0.25, 0.3) is 0 Å². The maximum Gasteiger partial charge on any atom is 0.211 e. The third kappa shape index (κ3) is 2.97. The lowest BCUT2D eigenvalue weighted by Gasteiger charge is -2.37. The van der Waals surface area contributed by atoms with E-state index in [4.69, 9.17) is 9.73 Å². The number of Topliss-reactive ketones (excluding diaryl/α,β-unsaturated/α-hetero) is 1. The highest BCUT2D eigenvalue weighted by molar-refractivity contribution is 7.99. The van der Waals surface area contributed by atoms with Crippen LogP contribution in [0.25, 0.3) is 5.76 Å². The van der Waals surface area contributed by atoms with Crippen molar-refractivity contribution in [3.63, 3.8) is 0 Å². The van der Waals surface area contributed by atoms with Crippen LogP contribution in [0.3, 0.4) is 0 Å². The smallest absolute Gasteiger partial charge is 0.211 e. The second-order valence-electron chi connectivity index (χ2n) is 7.16. The van der Waals surface area contributed by atoms with Crippen LogP contribution in [0.2, 0.25) is 0 Å². The van der Waals surface area contributed by atoms with Gasteiger partial charge < -0.3 is 4.74 Å². The van der Waals surface area contributed by atoms with Crippen LogP contribution >= 0.6 is 11.8 Å². The summed E-state index contributed by atoms with van der Waals surface area (Å²) in [5, 5.41) is 0. The van der Waals surface area contributed by atoms with Gasteiger partial charge in [-0.1, -0.05) is 24.3 Å². The number of carbonyl (C=O) groups excluding carboxylic acids is 1. The van der Waals surface area contributed by atoms with Crippen molar-refractivity contribution < 1.29 is 9.53 Å². The number of rotatable bonds is 2. The van der Waals surface area contributed by atoms with Gasteiger partial charge in [0.15, 0.2) is 0 Å². The average Bonchev–Trinajstić information content (AvgIpc) is 2.50. The maximum atomic E-state index is 13.0. The van der Waals surface area contributed by atoms with Crippen LogP contribution in [0.5, 0.6) is 0 Å². The Labute approximate surface area is 142 Å². The number of hydrogen-bond acceptors (Lipinski definition) is 4. The van der Waals surface area contributed by atoms with Crippen LogP contribution < -0.4 is 0 Å². The molecule has 0 amide bonds. The third-order valence-corrected chi connectivity index (χ3v) is 5.52. The van der Waals surface area contributed by atoms with Gasteiger partial charge in [-0.25, -0.2) is 0 Å². The molecule has 0 fully saturated rings. The molecule has 0 spiro atoms. The number of carbonyl (C=O) groups is 1. The van der Waals surface area contributed by atoms with E-state index < -0.39 is 0 Å².